The number of hydrogen-bond donors (Lipinski definition) is 0. The molecule has 2 aliphatic rings. The van der Waals surface area contributed by atoms with E-state index in [4.69, 9.17) is 0 Å². The number of ketones is 1. The first-order chi connectivity index (χ1) is 10.1. The number of carbonyl (C=O) groups is 1. The van der Waals surface area contributed by atoms with Crippen molar-refractivity contribution in [2.45, 2.75) is 32.6 Å². The molecule has 0 heterocycles. The van der Waals surface area contributed by atoms with E-state index in [1.54, 1.807) is 18.2 Å². The number of benzene rings is 1. The van der Waals surface area contributed by atoms with Crippen molar-refractivity contribution in [3.8, 4) is 0 Å². The topological polar surface area (TPSA) is 20.3 Å². The third kappa shape index (κ3) is 4.13. The van der Waals surface area contributed by atoms with Gasteiger partial charge >= 0.3 is 0 Å². The van der Waals surface area contributed by atoms with Crippen molar-refractivity contribution in [3.05, 3.63) is 35.6 Å². The predicted molar refractivity (Wildman–Crippen MR) is 81.8 cm³/mol. The molecule has 3 heteroatoms. The van der Waals surface area contributed by atoms with E-state index in [2.05, 4.69) is 4.90 Å². The van der Waals surface area contributed by atoms with Crippen molar-refractivity contribution >= 4 is 5.78 Å². The average Bonchev–Trinajstić information content (AvgIpc) is 3.35. The normalized spacial score (nSPS) is 19.8. The van der Waals surface area contributed by atoms with E-state index in [-0.39, 0.29) is 17.3 Å². The van der Waals surface area contributed by atoms with Crippen molar-refractivity contribution in [1.29, 1.82) is 0 Å². The van der Waals surface area contributed by atoms with Gasteiger partial charge in [-0.25, -0.2) is 4.39 Å². The number of halogens is 1. The zero-order valence-corrected chi connectivity index (χ0v) is 12.7. The summed E-state index contributed by atoms with van der Waals surface area (Å²) in [4.78, 5) is 14.9. The van der Waals surface area contributed by atoms with E-state index >= 15 is 0 Å². The van der Waals surface area contributed by atoms with E-state index in [0.717, 1.165) is 31.5 Å². The van der Waals surface area contributed by atoms with Gasteiger partial charge in [-0.3, -0.25) is 4.79 Å². The second kappa shape index (κ2) is 6.27. The number of Topliss-reactive ketones (excluding diaryl/α,β-unsaturated/α-hetero) is 1. The molecule has 1 aromatic carbocycles. The van der Waals surface area contributed by atoms with Crippen molar-refractivity contribution in [2.24, 2.45) is 17.8 Å². The van der Waals surface area contributed by atoms with E-state index in [1.165, 1.54) is 31.7 Å². The maximum atomic E-state index is 13.7. The number of rotatable bonds is 8. The molecule has 0 bridgehead atoms. The second-order valence-electron chi connectivity index (χ2n) is 6.85. The molecule has 3 rings (SSSR count). The van der Waals surface area contributed by atoms with Crippen LogP contribution in [0, 0.1) is 23.6 Å². The van der Waals surface area contributed by atoms with Crippen LogP contribution >= 0.6 is 0 Å². The Morgan fingerprint density at radius 3 is 2.29 bits per heavy atom. The number of carbonyl (C=O) groups excluding carboxylic acids is 1. The third-order valence-corrected chi connectivity index (χ3v) is 4.55. The van der Waals surface area contributed by atoms with Crippen molar-refractivity contribution in [3.63, 3.8) is 0 Å². The molecule has 0 aromatic heterocycles. The van der Waals surface area contributed by atoms with Crippen LogP contribution in [0.5, 0.6) is 0 Å². The van der Waals surface area contributed by atoms with Crippen LogP contribution in [0.2, 0.25) is 0 Å². The van der Waals surface area contributed by atoms with Gasteiger partial charge in [-0.15, -0.1) is 0 Å². The standard InChI is InChI=1S/C18H24FNO/c1-13(18(21)16-4-2-3-5-17(16)19)10-20(11-14-6-7-14)12-15-8-9-15/h2-5,13-15H,6-12H2,1H3. The molecule has 1 unspecified atom stereocenters. The smallest absolute Gasteiger partial charge is 0.169 e. The van der Waals surface area contributed by atoms with Gasteiger partial charge in [-0.2, -0.15) is 0 Å². The van der Waals surface area contributed by atoms with Crippen molar-refractivity contribution < 1.29 is 9.18 Å². The highest BCUT2D eigenvalue weighted by molar-refractivity contribution is 5.98. The molecule has 0 amide bonds. The van der Waals surface area contributed by atoms with Crippen LogP contribution in [0.3, 0.4) is 0 Å². The molecule has 114 valence electrons. The number of hydrogen-bond acceptors (Lipinski definition) is 2. The molecule has 2 saturated carbocycles. The van der Waals surface area contributed by atoms with Crippen LogP contribution in [0.1, 0.15) is 43.0 Å². The van der Waals surface area contributed by atoms with Crippen LogP contribution in [-0.2, 0) is 0 Å². The molecule has 0 aliphatic heterocycles. The first-order valence-corrected chi connectivity index (χ1v) is 8.14. The van der Waals surface area contributed by atoms with Gasteiger partial charge < -0.3 is 4.90 Å². The van der Waals surface area contributed by atoms with Gasteiger partial charge in [0.1, 0.15) is 5.82 Å². The molecule has 1 atom stereocenters. The zero-order valence-electron chi connectivity index (χ0n) is 12.7. The summed E-state index contributed by atoms with van der Waals surface area (Å²) in [5, 5.41) is 0. The van der Waals surface area contributed by atoms with Gasteiger partial charge in [0.15, 0.2) is 5.78 Å². The molecule has 0 saturated heterocycles. The molecule has 1 aromatic rings. The summed E-state index contributed by atoms with van der Waals surface area (Å²) in [5.74, 6) is 1.06. The Balaban J connectivity index is 1.60. The van der Waals surface area contributed by atoms with E-state index < -0.39 is 5.82 Å². The van der Waals surface area contributed by atoms with E-state index in [9.17, 15) is 9.18 Å². The van der Waals surface area contributed by atoms with Crippen LogP contribution in [0.25, 0.3) is 0 Å². The zero-order chi connectivity index (χ0) is 14.8. The van der Waals surface area contributed by atoms with Gasteiger partial charge in [-0.1, -0.05) is 19.1 Å². The molecular weight excluding hydrogens is 265 g/mol. The monoisotopic (exact) mass is 289 g/mol. The predicted octanol–water partition coefficient (Wildman–Crippen LogP) is 3.77. The fourth-order valence-corrected chi connectivity index (χ4v) is 2.95. The Morgan fingerprint density at radius 1 is 1.19 bits per heavy atom. The first-order valence-electron chi connectivity index (χ1n) is 8.14. The lowest BCUT2D eigenvalue weighted by atomic mass is 9.98. The highest BCUT2D eigenvalue weighted by atomic mass is 19.1. The summed E-state index contributed by atoms with van der Waals surface area (Å²) in [5.41, 5.74) is 0.239. The van der Waals surface area contributed by atoms with Crippen LogP contribution in [0.15, 0.2) is 24.3 Å². The third-order valence-electron chi connectivity index (χ3n) is 4.55. The Morgan fingerprint density at radius 2 is 1.76 bits per heavy atom. The fourth-order valence-electron chi connectivity index (χ4n) is 2.95. The Kier molecular flexibility index (Phi) is 4.39. The summed E-state index contributed by atoms with van der Waals surface area (Å²) < 4.78 is 13.7. The largest absolute Gasteiger partial charge is 0.302 e. The number of nitrogens with zero attached hydrogens (tertiary/aromatic N) is 1. The average molecular weight is 289 g/mol. The van der Waals surface area contributed by atoms with Gasteiger partial charge in [0.25, 0.3) is 0 Å². The minimum absolute atomic E-state index is 0.0651. The fraction of sp³-hybridized carbons (Fsp3) is 0.611. The lowest BCUT2D eigenvalue weighted by Gasteiger charge is -2.25. The van der Waals surface area contributed by atoms with Gasteiger partial charge in [0.05, 0.1) is 5.56 Å². The molecule has 2 fully saturated rings. The van der Waals surface area contributed by atoms with Gasteiger partial charge in [-0.05, 0) is 49.7 Å². The van der Waals surface area contributed by atoms with Gasteiger partial charge in [0.2, 0.25) is 0 Å². The second-order valence-corrected chi connectivity index (χ2v) is 6.85. The first kappa shape index (κ1) is 14.7. The lowest BCUT2D eigenvalue weighted by molar-refractivity contribution is 0.0884. The molecule has 2 aliphatic carbocycles. The Labute approximate surface area is 126 Å². The molecule has 0 radical (unpaired) electrons. The quantitative estimate of drug-likeness (QED) is 0.679. The summed E-state index contributed by atoms with van der Waals surface area (Å²) in [7, 11) is 0. The highest BCUT2D eigenvalue weighted by Crippen LogP contribution is 2.34. The highest BCUT2D eigenvalue weighted by Gasteiger charge is 2.31. The molecule has 0 spiro atoms. The Bertz CT molecular complexity index is 494. The summed E-state index contributed by atoms with van der Waals surface area (Å²) in [6.45, 7) is 4.93. The summed E-state index contributed by atoms with van der Waals surface area (Å²) >= 11 is 0. The minimum atomic E-state index is -0.398. The summed E-state index contributed by atoms with van der Waals surface area (Å²) in [6.07, 6.45) is 5.32. The van der Waals surface area contributed by atoms with Gasteiger partial charge in [0, 0.05) is 25.6 Å². The van der Waals surface area contributed by atoms with Crippen LogP contribution in [-0.4, -0.2) is 30.3 Å². The molecule has 21 heavy (non-hydrogen) atoms. The van der Waals surface area contributed by atoms with Crippen molar-refractivity contribution in [2.75, 3.05) is 19.6 Å². The molecule has 2 nitrogen and oxygen atoms in total. The minimum Gasteiger partial charge on any atom is -0.302 e. The lowest BCUT2D eigenvalue weighted by Crippen LogP contribution is -2.35. The van der Waals surface area contributed by atoms with E-state index in [1.807, 2.05) is 6.92 Å². The SMILES string of the molecule is CC(CN(CC1CC1)CC1CC1)C(=O)c1ccccc1F. The maximum absolute atomic E-state index is 13.7. The van der Waals surface area contributed by atoms with E-state index in [0.29, 0.717) is 0 Å². The van der Waals surface area contributed by atoms with Crippen molar-refractivity contribution in [1.82, 2.24) is 4.90 Å². The molecular formula is C18H24FNO. The van der Waals surface area contributed by atoms with Crippen LogP contribution in [0.4, 0.5) is 4.39 Å². The maximum Gasteiger partial charge on any atom is 0.169 e. The van der Waals surface area contributed by atoms with Crippen LogP contribution < -0.4 is 0 Å². The Hall–Kier alpha value is -1.22. The molecule has 0 N–H and O–H groups in total. The summed E-state index contributed by atoms with van der Waals surface area (Å²) in [6, 6.07) is 6.32.